The van der Waals surface area contributed by atoms with Gasteiger partial charge in [-0.1, -0.05) is 6.07 Å². The Labute approximate surface area is 232 Å². The van der Waals surface area contributed by atoms with E-state index < -0.39 is 11.6 Å². The van der Waals surface area contributed by atoms with Crippen LogP contribution in [0, 0.1) is 23.0 Å². The minimum absolute atomic E-state index is 0.295. The number of hydrogen-bond donors (Lipinski definition) is 0. The summed E-state index contributed by atoms with van der Waals surface area (Å²) in [5.74, 6) is -0.178. The molecule has 206 valence electrons. The Morgan fingerprint density at radius 1 is 1.02 bits per heavy atom. The van der Waals surface area contributed by atoms with Crippen molar-refractivity contribution < 1.29 is 13.5 Å². The van der Waals surface area contributed by atoms with Crippen LogP contribution in [-0.4, -0.2) is 72.5 Å². The second-order valence-electron chi connectivity index (χ2n) is 10.3. The van der Waals surface area contributed by atoms with Crippen molar-refractivity contribution >= 4 is 17.2 Å². The molecule has 4 aromatic rings. The van der Waals surface area contributed by atoms with E-state index >= 15 is 0 Å². The quantitative estimate of drug-likeness (QED) is 0.336. The van der Waals surface area contributed by atoms with Crippen LogP contribution >= 0.6 is 0 Å². The molecule has 0 aliphatic carbocycles. The number of methoxy groups -OCH3 is 1. The zero-order valence-electron chi connectivity index (χ0n) is 22.4. The zero-order valence-corrected chi connectivity index (χ0v) is 22.4. The Morgan fingerprint density at radius 3 is 2.67 bits per heavy atom. The standard InChI is InChI=1S/C30H31F2N7O/c1-40-16-15-36-11-13-37(14-12-36)27-17-21(4-5-22(27)19-33)28-20-34-29-8-9-30(35-39(28)29)38-10-2-3-26(38)24-18-23(31)6-7-25(24)32/h4-9,17-18,20,26H,2-3,10-16H2,1H3. The molecule has 0 radical (unpaired) electrons. The maximum atomic E-state index is 14.7. The van der Waals surface area contributed by atoms with Gasteiger partial charge in [-0.25, -0.2) is 18.3 Å². The summed E-state index contributed by atoms with van der Waals surface area (Å²) in [5, 5.41) is 14.7. The van der Waals surface area contributed by atoms with E-state index in [-0.39, 0.29) is 6.04 Å². The van der Waals surface area contributed by atoms with Gasteiger partial charge in [0.2, 0.25) is 0 Å². The van der Waals surface area contributed by atoms with Gasteiger partial charge in [0.15, 0.2) is 5.65 Å². The van der Waals surface area contributed by atoms with E-state index in [1.807, 2.05) is 35.2 Å². The van der Waals surface area contributed by atoms with Crippen molar-refractivity contribution in [1.82, 2.24) is 19.5 Å². The topological polar surface area (TPSA) is 72.9 Å². The van der Waals surface area contributed by atoms with Crippen LogP contribution in [0.15, 0.2) is 54.7 Å². The Balaban J connectivity index is 1.31. The molecule has 0 saturated carbocycles. The molecule has 4 heterocycles. The summed E-state index contributed by atoms with van der Waals surface area (Å²) < 4.78 is 35.7. The summed E-state index contributed by atoms with van der Waals surface area (Å²) in [6.45, 7) is 5.76. The van der Waals surface area contributed by atoms with E-state index in [4.69, 9.17) is 9.84 Å². The summed E-state index contributed by atoms with van der Waals surface area (Å²) in [6, 6.07) is 15.3. The van der Waals surface area contributed by atoms with Gasteiger partial charge in [0, 0.05) is 57.5 Å². The molecule has 40 heavy (non-hydrogen) atoms. The number of fused-ring (bicyclic) bond motifs is 1. The van der Waals surface area contributed by atoms with Crippen LogP contribution in [0.2, 0.25) is 0 Å². The van der Waals surface area contributed by atoms with Crippen LogP contribution in [0.3, 0.4) is 0 Å². The number of hydrogen-bond acceptors (Lipinski definition) is 7. The Bertz CT molecular complexity index is 1560. The minimum Gasteiger partial charge on any atom is -0.383 e. The first kappa shape index (κ1) is 26.2. The Morgan fingerprint density at radius 2 is 1.88 bits per heavy atom. The van der Waals surface area contributed by atoms with Gasteiger partial charge < -0.3 is 14.5 Å². The lowest BCUT2D eigenvalue weighted by Gasteiger charge is -2.36. The van der Waals surface area contributed by atoms with Crippen molar-refractivity contribution in [3.63, 3.8) is 0 Å². The molecule has 1 unspecified atom stereocenters. The molecule has 2 aliphatic heterocycles. The monoisotopic (exact) mass is 543 g/mol. The molecule has 0 bridgehead atoms. The van der Waals surface area contributed by atoms with Crippen LogP contribution in [-0.2, 0) is 4.74 Å². The highest BCUT2D eigenvalue weighted by atomic mass is 19.1. The highest BCUT2D eigenvalue weighted by Crippen LogP contribution is 2.37. The lowest BCUT2D eigenvalue weighted by molar-refractivity contribution is 0.144. The van der Waals surface area contributed by atoms with Gasteiger partial charge in [-0.15, -0.1) is 5.10 Å². The lowest BCUT2D eigenvalue weighted by atomic mass is 10.0. The van der Waals surface area contributed by atoms with Gasteiger partial charge in [-0.05, 0) is 55.3 Å². The van der Waals surface area contributed by atoms with Crippen molar-refractivity contribution in [2.75, 3.05) is 62.8 Å². The smallest absolute Gasteiger partial charge is 0.154 e. The van der Waals surface area contributed by atoms with Gasteiger partial charge >= 0.3 is 0 Å². The van der Waals surface area contributed by atoms with Crippen molar-refractivity contribution in [2.24, 2.45) is 0 Å². The molecule has 6 rings (SSSR count). The number of halogens is 2. The second kappa shape index (κ2) is 11.2. The summed E-state index contributed by atoms with van der Waals surface area (Å²) in [5.41, 5.74) is 4.27. The molecule has 0 spiro atoms. The fourth-order valence-electron chi connectivity index (χ4n) is 5.83. The molecule has 1 atom stereocenters. The van der Waals surface area contributed by atoms with Crippen molar-refractivity contribution in [3.8, 4) is 17.3 Å². The van der Waals surface area contributed by atoms with E-state index in [1.165, 1.54) is 12.1 Å². The average molecular weight is 544 g/mol. The van der Waals surface area contributed by atoms with Crippen LogP contribution < -0.4 is 9.80 Å². The SMILES string of the molecule is COCCN1CCN(c2cc(-c3cnc4ccc(N5CCCC5c5cc(F)ccc5F)nn34)ccc2C#N)CC1. The molecule has 8 nitrogen and oxygen atoms in total. The number of anilines is 2. The van der Waals surface area contributed by atoms with Gasteiger partial charge in [-0.2, -0.15) is 5.26 Å². The van der Waals surface area contributed by atoms with E-state index in [2.05, 4.69) is 20.9 Å². The van der Waals surface area contributed by atoms with E-state index in [0.29, 0.717) is 42.2 Å². The Kier molecular flexibility index (Phi) is 7.32. The number of benzene rings is 2. The maximum absolute atomic E-state index is 14.7. The molecule has 2 aromatic carbocycles. The summed E-state index contributed by atoms with van der Waals surface area (Å²) >= 11 is 0. The molecular weight excluding hydrogens is 512 g/mol. The number of piperazine rings is 1. The Hall–Kier alpha value is -4.07. The van der Waals surface area contributed by atoms with E-state index in [1.54, 1.807) is 17.8 Å². The molecular formula is C30H31F2N7O. The highest BCUT2D eigenvalue weighted by molar-refractivity contribution is 5.72. The molecule has 2 fully saturated rings. The summed E-state index contributed by atoms with van der Waals surface area (Å²) in [6.07, 6.45) is 3.36. The van der Waals surface area contributed by atoms with Crippen LogP contribution in [0.1, 0.15) is 30.0 Å². The number of nitrogens with zero attached hydrogens (tertiary/aromatic N) is 7. The van der Waals surface area contributed by atoms with Gasteiger partial charge in [0.25, 0.3) is 0 Å². The zero-order chi connectivity index (χ0) is 27.6. The maximum Gasteiger partial charge on any atom is 0.154 e. The van der Waals surface area contributed by atoms with E-state index in [9.17, 15) is 14.0 Å². The lowest BCUT2D eigenvalue weighted by Crippen LogP contribution is -2.47. The molecule has 2 saturated heterocycles. The summed E-state index contributed by atoms with van der Waals surface area (Å²) in [7, 11) is 1.71. The number of nitriles is 1. The largest absolute Gasteiger partial charge is 0.383 e. The number of aromatic nitrogens is 3. The van der Waals surface area contributed by atoms with Crippen LogP contribution in [0.5, 0.6) is 0 Å². The van der Waals surface area contributed by atoms with Crippen molar-refractivity contribution in [2.45, 2.75) is 18.9 Å². The first-order chi connectivity index (χ1) is 19.6. The van der Waals surface area contributed by atoms with Crippen LogP contribution in [0.4, 0.5) is 20.3 Å². The normalized spacial score (nSPS) is 18.0. The predicted octanol–water partition coefficient (Wildman–Crippen LogP) is 4.66. The summed E-state index contributed by atoms with van der Waals surface area (Å²) in [4.78, 5) is 11.2. The fraction of sp³-hybridized carbons (Fsp3) is 0.367. The number of rotatable bonds is 7. The average Bonchev–Trinajstić information content (AvgIpc) is 3.64. The number of imidazole rings is 1. The third-order valence-corrected chi connectivity index (χ3v) is 7.95. The van der Waals surface area contributed by atoms with Gasteiger partial charge in [-0.3, -0.25) is 4.90 Å². The van der Waals surface area contributed by atoms with Crippen molar-refractivity contribution in [3.05, 3.63) is 77.5 Å². The molecule has 0 N–H and O–H groups in total. The highest BCUT2D eigenvalue weighted by Gasteiger charge is 2.30. The minimum atomic E-state index is -0.448. The molecule has 2 aromatic heterocycles. The molecule has 2 aliphatic rings. The molecule has 10 heteroatoms. The predicted molar refractivity (Wildman–Crippen MR) is 149 cm³/mol. The second-order valence-corrected chi connectivity index (χ2v) is 10.3. The number of ether oxygens (including phenoxy) is 1. The van der Waals surface area contributed by atoms with E-state index in [0.717, 1.165) is 62.2 Å². The van der Waals surface area contributed by atoms with Crippen molar-refractivity contribution in [1.29, 1.82) is 5.26 Å². The first-order valence-electron chi connectivity index (χ1n) is 13.6. The fourth-order valence-corrected chi connectivity index (χ4v) is 5.83. The third kappa shape index (κ3) is 4.98. The molecule has 0 amide bonds. The third-order valence-electron chi connectivity index (χ3n) is 7.95. The first-order valence-corrected chi connectivity index (χ1v) is 13.6. The van der Waals surface area contributed by atoms with Gasteiger partial charge in [0.05, 0.1) is 35.8 Å². The van der Waals surface area contributed by atoms with Gasteiger partial charge in [0.1, 0.15) is 23.5 Å². The van der Waals surface area contributed by atoms with Crippen LogP contribution in [0.25, 0.3) is 16.9 Å².